The molecule has 7 heteroatoms. The van der Waals surface area contributed by atoms with Crippen LogP contribution in [0.1, 0.15) is 38.5 Å². The van der Waals surface area contributed by atoms with Crippen LogP contribution in [0.15, 0.2) is 0 Å². The average Bonchev–Trinajstić information content (AvgIpc) is 3.06. The number of halogens is 2. The van der Waals surface area contributed by atoms with Crippen LogP contribution in [-0.2, 0) is 9.53 Å². The maximum absolute atomic E-state index is 12.2. The van der Waals surface area contributed by atoms with Gasteiger partial charge in [0.25, 0.3) is 0 Å². The lowest BCUT2D eigenvalue weighted by atomic mass is 9.99. The molecule has 3 fully saturated rings. The highest BCUT2D eigenvalue weighted by molar-refractivity contribution is 5.85. The predicted octanol–water partition coefficient (Wildman–Crippen LogP) is 1.08. The van der Waals surface area contributed by atoms with Crippen LogP contribution in [-0.4, -0.2) is 54.7 Å². The number of amides is 1. The van der Waals surface area contributed by atoms with Crippen molar-refractivity contribution < 1.29 is 9.53 Å². The van der Waals surface area contributed by atoms with Gasteiger partial charge in [-0.2, -0.15) is 0 Å². The number of fused-ring (bicyclic) bond motifs is 1. The first-order valence-corrected chi connectivity index (χ1v) is 7.68. The van der Waals surface area contributed by atoms with Crippen molar-refractivity contribution in [3.8, 4) is 0 Å². The van der Waals surface area contributed by atoms with Gasteiger partial charge in [-0.25, -0.2) is 0 Å². The Morgan fingerprint density at radius 2 is 1.95 bits per heavy atom. The van der Waals surface area contributed by atoms with Gasteiger partial charge in [-0.15, -0.1) is 24.8 Å². The summed E-state index contributed by atoms with van der Waals surface area (Å²) in [7, 11) is 0. The van der Waals surface area contributed by atoms with Crippen LogP contribution in [0.2, 0.25) is 0 Å². The number of nitrogens with zero attached hydrogens (tertiary/aromatic N) is 1. The van der Waals surface area contributed by atoms with Crippen LogP contribution in [0.25, 0.3) is 0 Å². The van der Waals surface area contributed by atoms with Gasteiger partial charge < -0.3 is 15.8 Å². The first-order chi connectivity index (χ1) is 9.28. The van der Waals surface area contributed by atoms with E-state index in [2.05, 4.69) is 10.2 Å². The molecular weight excluding hydrogens is 313 g/mol. The van der Waals surface area contributed by atoms with Gasteiger partial charge in [-0.1, -0.05) is 6.42 Å². The zero-order chi connectivity index (χ0) is 13.2. The monoisotopic (exact) mass is 339 g/mol. The van der Waals surface area contributed by atoms with Crippen molar-refractivity contribution >= 4 is 30.7 Å². The second-order valence-electron chi connectivity index (χ2n) is 6.06. The Kier molecular flexibility index (Phi) is 7.71. The predicted molar refractivity (Wildman–Crippen MR) is 87.2 cm³/mol. The van der Waals surface area contributed by atoms with E-state index in [1.54, 1.807) is 0 Å². The van der Waals surface area contributed by atoms with E-state index < -0.39 is 0 Å². The third-order valence-electron chi connectivity index (χ3n) is 4.85. The van der Waals surface area contributed by atoms with E-state index >= 15 is 0 Å². The number of nitrogens with one attached hydrogen (secondary N) is 1. The molecule has 0 aliphatic carbocycles. The molecule has 124 valence electrons. The van der Waals surface area contributed by atoms with Crippen molar-refractivity contribution in [1.29, 1.82) is 0 Å². The Hall–Kier alpha value is -0.0700. The quantitative estimate of drug-likeness (QED) is 0.807. The molecule has 2 unspecified atom stereocenters. The Balaban J connectivity index is 0.00000110. The number of rotatable bonds is 3. The summed E-state index contributed by atoms with van der Waals surface area (Å²) in [5.41, 5.74) is 5.58. The highest BCUT2D eigenvalue weighted by Gasteiger charge is 2.38. The lowest BCUT2D eigenvalue weighted by molar-refractivity contribution is -0.132. The summed E-state index contributed by atoms with van der Waals surface area (Å²) in [6.07, 6.45) is 6.44. The largest absolute Gasteiger partial charge is 0.364 e. The van der Waals surface area contributed by atoms with Crippen molar-refractivity contribution in [1.82, 2.24) is 10.2 Å². The van der Waals surface area contributed by atoms with Gasteiger partial charge in [-0.3, -0.25) is 9.69 Å². The number of carbonyl (C=O) groups excluding carboxylic acids is 1. The molecule has 0 aromatic carbocycles. The Morgan fingerprint density at radius 3 is 2.67 bits per heavy atom. The number of carbonyl (C=O) groups is 1. The molecule has 0 radical (unpaired) electrons. The normalized spacial score (nSPS) is 35.5. The number of hydrogen-bond acceptors (Lipinski definition) is 4. The molecule has 3 aliphatic heterocycles. The lowest BCUT2D eigenvalue weighted by Gasteiger charge is -2.32. The van der Waals surface area contributed by atoms with Crippen LogP contribution < -0.4 is 11.1 Å². The van der Waals surface area contributed by atoms with Crippen molar-refractivity contribution in [2.75, 3.05) is 19.6 Å². The summed E-state index contributed by atoms with van der Waals surface area (Å²) in [6.45, 7) is 2.85. The first kappa shape index (κ1) is 19.0. The smallest absolute Gasteiger partial charge is 0.249 e. The molecule has 0 aromatic heterocycles. The van der Waals surface area contributed by atoms with Crippen molar-refractivity contribution in [2.24, 2.45) is 5.73 Å². The van der Waals surface area contributed by atoms with E-state index in [0.717, 1.165) is 25.8 Å². The summed E-state index contributed by atoms with van der Waals surface area (Å²) in [4.78, 5) is 14.8. The van der Waals surface area contributed by atoms with Crippen molar-refractivity contribution in [3.05, 3.63) is 0 Å². The molecule has 3 N–H and O–H groups in total. The van der Waals surface area contributed by atoms with Gasteiger partial charge in [0.2, 0.25) is 5.91 Å². The van der Waals surface area contributed by atoms with Crippen LogP contribution in [0.3, 0.4) is 0 Å². The van der Waals surface area contributed by atoms with Gasteiger partial charge in [0.1, 0.15) is 6.10 Å². The third kappa shape index (κ3) is 4.23. The van der Waals surface area contributed by atoms with Crippen molar-refractivity contribution in [3.63, 3.8) is 0 Å². The minimum absolute atomic E-state index is 0. The van der Waals surface area contributed by atoms with Crippen LogP contribution >= 0.6 is 24.8 Å². The third-order valence-corrected chi connectivity index (χ3v) is 4.85. The van der Waals surface area contributed by atoms with E-state index in [-0.39, 0.29) is 42.9 Å². The van der Waals surface area contributed by atoms with Crippen LogP contribution in [0.5, 0.6) is 0 Å². The summed E-state index contributed by atoms with van der Waals surface area (Å²) >= 11 is 0. The lowest BCUT2D eigenvalue weighted by Crippen LogP contribution is -2.49. The van der Waals surface area contributed by atoms with E-state index in [1.165, 1.54) is 25.8 Å². The van der Waals surface area contributed by atoms with E-state index in [1.807, 2.05) is 0 Å². The molecule has 21 heavy (non-hydrogen) atoms. The number of hydrogen-bond donors (Lipinski definition) is 2. The molecular formula is C14H27Cl2N3O2. The Morgan fingerprint density at radius 1 is 1.14 bits per heavy atom. The molecule has 0 saturated carbocycles. The highest BCUT2D eigenvalue weighted by Crippen LogP contribution is 2.27. The average molecular weight is 340 g/mol. The zero-order valence-electron chi connectivity index (χ0n) is 12.3. The van der Waals surface area contributed by atoms with Crippen molar-refractivity contribution in [2.45, 2.75) is 62.8 Å². The van der Waals surface area contributed by atoms with Gasteiger partial charge in [0, 0.05) is 25.2 Å². The minimum Gasteiger partial charge on any atom is -0.364 e. The van der Waals surface area contributed by atoms with E-state index in [9.17, 15) is 4.79 Å². The first-order valence-electron chi connectivity index (χ1n) is 7.68. The van der Waals surface area contributed by atoms with E-state index in [4.69, 9.17) is 10.5 Å². The Labute approximate surface area is 139 Å². The van der Waals surface area contributed by atoms with Gasteiger partial charge >= 0.3 is 0 Å². The zero-order valence-corrected chi connectivity index (χ0v) is 14.0. The molecule has 0 aromatic rings. The minimum atomic E-state index is -0.272. The number of nitrogens with two attached hydrogens (primary N) is 1. The standard InChI is InChI=1S/C14H25N3O2.2ClH/c15-9-10-4-5-13(19-10)14(18)16-11-6-8-17-7-2-1-3-12(11)17;;/h10-13H,1-9,15H2,(H,16,18);2*1H/t10-,11?,12?,13+;;/m1../s1. The number of piperidine rings is 1. The summed E-state index contributed by atoms with van der Waals surface area (Å²) < 4.78 is 5.67. The maximum atomic E-state index is 12.2. The fraction of sp³-hybridized carbons (Fsp3) is 0.929. The topological polar surface area (TPSA) is 67.6 Å². The summed E-state index contributed by atoms with van der Waals surface area (Å²) in [5.74, 6) is 0.0772. The molecule has 3 saturated heterocycles. The molecule has 5 nitrogen and oxygen atoms in total. The molecule has 1 amide bonds. The second kappa shape index (κ2) is 8.53. The van der Waals surface area contributed by atoms with Gasteiger partial charge in [-0.05, 0) is 38.6 Å². The Bertz CT molecular complexity index is 346. The molecule has 0 spiro atoms. The fourth-order valence-corrected chi connectivity index (χ4v) is 3.76. The summed E-state index contributed by atoms with van der Waals surface area (Å²) in [5, 5.41) is 3.22. The van der Waals surface area contributed by atoms with Gasteiger partial charge in [0.15, 0.2) is 0 Å². The van der Waals surface area contributed by atoms with Gasteiger partial charge in [0.05, 0.1) is 6.10 Å². The second-order valence-corrected chi connectivity index (χ2v) is 6.06. The molecule has 3 heterocycles. The molecule has 3 rings (SSSR count). The van der Waals surface area contributed by atoms with Crippen LogP contribution in [0, 0.1) is 0 Å². The SMILES string of the molecule is Cl.Cl.NC[C@H]1CC[C@@H](C(=O)NC2CCN3CCCCC23)O1. The molecule has 0 bridgehead atoms. The molecule has 3 aliphatic rings. The maximum Gasteiger partial charge on any atom is 0.249 e. The fourth-order valence-electron chi connectivity index (χ4n) is 3.76. The van der Waals surface area contributed by atoms with E-state index in [0.29, 0.717) is 18.6 Å². The van der Waals surface area contributed by atoms with Crippen LogP contribution in [0.4, 0.5) is 0 Å². The number of ether oxygens (including phenoxy) is 1. The molecule has 4 atom stereocenters. The highest BCUT2D eigenvalue weighted by atomic mass is 35.5. The summed E-state index contributed by atoms with van der Waals surface area (Å²) in [6, 6.07) is 0.887.